The molecule has 0 saturated heterocycles. The molecular formula is C25H31ClN2O2S. The SMILES string of the molecule is CC(C(=O)NC1CCCC1)N(Cc1ccccc1)C(=O)CCCSc1ccc(Cl)cc1. The van der Waals surface area contributed by atoms with Crippen molar-refractivity contribution in [2.45, 2.75) is 69.0 Å². The van der Waals surface area contributed by atoms with E-state index in [4.69, 9.17) is 11.6 Å². The molecule has 0 heterocycles. The summed E-state index contributed by atoms with van der Waals surface area (Å²) in [7, 11) is 0. The van der Waals surface area contributed by atoms with Crippen molar-refractivity contribution in [1.29, 1.82) is 0 Å². The molecule has 1 saturated carbocycles. The molecule has 6 heteroatoms. The van der Waals surface area contributed by atoms with Gasteiger partial charge in [-0.1, -0.05) is 54.8 Å². The minimum Gasteiger partial charge on any atom is -0.352 e. The van der Waals surface area contributed by atoms with E-state index < -0.39 is 6.04 Å². The van der Waals surface area contributed by atoms with Crippen LogP contribution in [0.4, 0.5) is 0 Å². The number of halogens is 1. The van der Waals surface area contributed by atoms with Gasteiger partial charge in [0.1, 0.15) is 6.04 Å². The Balaban J connectivity index is 1.56. The van der Waals surface area contributed by atoms with E-state index in [1.165, 1.54) is 0 Å². The van der Waals surface area contributed by atoms with E-state index in [-0.39, 0.29) is 17.9 Å². The van der Waals surface area contributed by atoms with Crippen molar-refractivity contribution < 1.29 is 9.59 Å². The lowest BCUT2D eigenvalue weighted by molar-refractivity contribution is -0.140. The molecule has 1 unspecified atom stereocenters. The van der Waals surface area contributed by atoms with Gasteiger partial charge in [-0.2, -0.15) is 0 Å². The molecule has 1 aliphatic rings. The molecule has 2 amide bonds. The molecule has 166 valence electrons. The second-order valence-electron chi connectivity index (χ2n) is 8.08. The predicted molar refractivity (Wildman–Crippen MR) is 128 cm³/mol. The van der Waals surface area contributed by atoms with E-state index >= 15 is 0 Å². The van der Waals surface area contributed by atoms with Gasteiger partial charge in [-0.25, -0.2) is 0 Å². The van der Waals surface area contributed by atoms with Crippen LogP contribution in [-0.4, -0.2) is 34.6 Å². The molecule has 3 rings (SSSR count). The summed E-state index contributed by atoms with van der Waals surface area (Å²) in [5.41, 5.74) is 1.03. The number of amides is 2. The van der Waals surface area contributed by atoms with Crippen molar-refractivity contribution in [3.05, 3.63) is 65.2 Å². The summed E-state index contributed by atoms with van der Waals surface area (Å²) in [4.78, 5) is 28.8. The number of rotatable bonds is 10. The number of benzene rings is 2. The first-order valence-corrected chi connectivity index (χ1v) is 12.4. The molecule has 31 heavy (non-hydrogen) atoms. The number of hydrogen-bond donors (Lipinski definition) is 1. The maximum atomic E-state index is 13.1. The van der Waals surface area contributed by atoms with E-state index in [1.54, 1.807) is 16.7 Å². The fourth-order valence-electron chi connectivity index (χ4n) is 3.84. The Labute approximate surface area is 194 Å². The lowest BCUT2D eigenvalue weighted by Crippen LogP contribution is -2.49. The fourth-order valence-corrected chi connectivity index (χ4v) is 4.82. The van der Waals surface area contributed by atoms with Gasteiger partial charge < -0.3 is 10.2 Å². The van der Waals surface area contributed by atoms with Crippen LogP contribution in [-0.2, 0) is 16.1 Å². The lowest BCUT2D eigenvalue weighted by Gasteiger charge is -2.30. The zero-order valence-corrected chi connectivity index (χ0v) is 19.6. The van der Waals surface area contributed by atoms with Crippen LogP contribution >= 0.6 is 23.4 Å². The van der Waals surface area contributed by atoms with Crippen LogP contribution in [0.2, 0.25) is 5.02 Å². The normalized spacial score (nSPS) is 14.9. The highest BCUT2D eigenvalue weighted by molar-refractivity contribution is 7.99. The topological polar surface area (TPSA) is 49.4 Å². The van der Waals surface area contributed by atoms with Crippen molar-refractivity contribution in [2.75, 3.05) is 5.75 Å². The Bertz CT molecular complexity index is 838. The maximum Gasteiger partial charge on any atom is 0.242 e. The minimum atomic E-state index is -0.489. The predicted octanol–water partition coefficient (Wildman–Crippen LogP) is 5.69. The second-order valence-corrected chi connectivity index (χ2v) is 9.68. The molecule has 0 radical (unpaired) electrons. The smallest absolute Gasteiger partial charge is 0.242 e. The minimum absolute atomic E-state index is 0.0228. The largest absolute Gasteiger partial charge is 0.352 e. The van der Waals surface area contributed by atoms with Crippen molar-refractivity contribution in [1.82, 2.24) is 10.2 Å². The molecule has 1 fully saturated rings. The van der Waals surface area contributed by atoms with Crippen LogP contribution in [0.5, 0.6) is 0 Å². The van der Waals surface area contributed by atoms with Crippen LogP contribution in [0.25, 0.3) is 0 Å². The first-order valence-electron chi connectivity index (χ1n) is 11.0. The molecule has 1 aliphatic carbocycles. The van der Waals surface area contributed by atoms with Crippen LogP contribution < -0.4 is 5.32 Å². The van der Waals surface area contributed by atoms with E-state index in [0.29, 0.717) is 13.0 Å². The summed E-state index contributed by atoms with van der Waals surface area (Å²) in [6.07, 6.45) is 5.58. The van der Waals surface area contributed by atoms with Gasteiger partial charge in [0.2, 0.25) is 11.8 Å². The fraction of sp³-hybridized carbons (Fsp3) is 0.440. The first kappa shape index (κ1) is 23.7. The van der Waals surface area contributed by atoms with Gasteiger partial charge >= 0.3 is 0 Å². The van der Waals surface area contributed by atoms with Gasteiger partial charge in [0.25, 0.3) is 0 Å². The van der Waals surface area contributed by atoms with Crippen LogP contribution in [0.1, 0.15) is 51.0 Å². The average Bonchev–Trinajstić information content (AvgIpc) is 3.29. The summed E-state index contributed by atoms with van der Waals surface area (Å²) < 4.78 is 0. The standard InChI is InChI=1S/C25H31ClN2O2S/c1-19(25(30)27-22-10-5-6-11-22)28(18-20-8-3-2-4-9-20)24(29)12-7-17-31-23-15-13-21(26)14-16-23/h2-4,8-9,13-16,19,22H,5-7,10-12,17-18H2,1H3,(H,27,30). The Morgan fingerprint density at radius 2 is 1.77 bits per heavy atom. The van der Waals surface area contributed by atoms with E-state index in [0.717, 1.165) is 53.3 Å². The van der Waals surface area contributed by atoms with Crippen LogP contribution in [0, 0.1) is 0 Å². The van der Waals surface area contributed by atoms with Crippen LogP contribution in [0.15, 0.2) is 59.5 Å². The molecule has 0 aliphatic heterocycles. The average molecular weight is 459 g/mol. The zero-order chi connectivity index (χ0) is 22.1. The van der Waals surface area contributed by atoms with Gasteiger partial charge in [0.05, 0.1) is 0 Å². The summed E-state index contributed by atoms with van der Waals surface area (Å²) in [6.45, 7) is 2.29. The highest BCUT2D eigenvalue weighted by atomic mass is 35.5. The number of carbonyl (C=O) groups excluding carboxylic acids is 2. The second kappa shape index (κ2) is 12.2. The number of thioether (sulfide) groups is 1. The molecule has 0 spiro atoms. The van der Waals surface area contributed by atoms with E-state index in [2.05, 4.69) is 5.32 Å². The van der Waals surface area contributed by atoms with Crippen molar-refractivity contribution in [2.24, 2.45) is 0 Å². The monoisotopic (exact) mass is 458 g/mol. The van der Waals surface area contributed by atoms with Gasteiger partial charge in [0, 0.05) is 28.9 Å². The highest BCUT2D eigenvalue weighted by Gasteiger charge is 2.28. The van der Waals surface area contributed by atoms with Crippen molar-refractivity contribution >= 4 is 35.2 Å². The van der Waals surface area contributed by atoms with Crippen molar-refractivity contribution in [3.63, 3.8) is 0 Å². The number of nitrogens with one attached hydrogen (secondary N) is 1. The van der Waals surface area contributed by atoms with Crippen LogP contribution in [0.3, 0.4) is 0 Å². The van der Waals surface area contributed by atoms with E-state index in [1.807, 2.05) is 61.5 Å². The maximum absolute atomic E-state index is 13.1. The summed E-state index contributed by atoms with van der Waals surface area (Å²) in [5, 5.41) is 3.87. The van der Waals surface area contributed by atoms with Gasteiger partial charge in [0.15, 0.2) is 0 Å². The molecule has 1 atom stereocenters. The lowest BCUT2D eigenvalue weighted by atomic mass is 10.1. The van der Waals surface area contributed by atoms with E-state index in [9.17, 15) is 9.59 Å². The molecular weight excluding hydrogens is 428 g/mol. The van der Waals surface area contributed by atoms with Gasteiger partial charge in [-0.05, 0) is 61.8 Å². The van der Waals surface area contributed by atoms with Crippen molar-refractivity contribution in [3.8, 4) is 0 Å². The summed E-state index contributed by atoms with van der Waals surface area (Å²) in [5.74, 6) is 0.816. The quantitative estimate of drug-likeness (QED) is 0.367. The number of carbonyl (C=O) groups is 2. The highest BCUT2D eigenvalue weighted by Crippen LogP contribution is 2.22. The Morgan fingerprint density at radius 1 is 1.10 bits per heavy atom. The number of nitrogens with zero attached hydrogens (tertiary/aromatic N) is 1. The third-order valence-electron chi connectivity index (χ3n) is 5.68. The molecule has 0 aromatic heterocycles. The Kier molecular flexibility index (Phi) is 9.29. The van der Waals surface area contributed by atoms with Gasteiger partial charge in [-0.3, -0.25) is 9.59 Å². The third-order valence-corrected chi connectivity index (χ3v) is 7.03. The Morgan fingerprint density at radius 3 is 2.45 bits per heavy atom. The summed E-state index contributed by atoms with van der Waals surface area (Å²) in [6, 6.07) is 17.4. The zero-order valence-electron chi connectivity index (χ0n) is 18.1. The Hall–Kier alpha value is -1.98. The van der Waals surface area contributed by atoms with Gasteiger partial charge in [-0.15, -0.1) is 11.8 Å². The molecule has 2 aromatic carbocycles. The summed E-state index contributed by atoms with van der Waals surface area (Å²) >= 11 is 7.65. The molecule has 1 N–H and O–H groups in total. The first-order chi connectivity index (χ1) is 15.0. The third kappa shape index (κ3) is 7.58. The molecule has 2 aromatic rings. The molecule has 0 bridgehead atoms. The molecule has 4 nitrogen and oxygen atoms in total. The number of hydrogen-bond acceptors (Lipinski definition) is 3.